The molecule has 0 saturated carbocycles. The van der Waals surface area contributed by atoms with Crippen molar-refractivity contribution in [2.24, 2.45) is 0 Å². The highest BCUT2D eigenvalue weighted by Gasteiger charge is 2.14. The lowest BCUT2D eigenvalue weighted by Gasteiger charge is -2.07. The maximum atomic E-state index is 13.4. The smallest absolute Gasteiger partial charge is 0.255 e. The van der Waals surface area contributed by atoms with E-state index in [9.17, 15) is 9.18 Å². The highest BCUT2D eigenvalue weighted by molar-refractivity contribution is 9.10. The van der Waals surface area contributed by atoms with Gasteiger partial charge in [0.05, 0.1) is 5.56 Å². The van der Waals surface area contributed by atoms with Crippen LogP contribution in [0, 0.1) is 5.82 Å². The van der Waals surface area contributed by atoms with E-state index in [2.05, 4.69) is 28.2 Å². The van der Waals surface area contributed by atoms with E-state index in [0.29, 0.717) is 11.0 Å². The van der Waals surface area contributed by atoms with Crippen molar-refractivity contribution in [1.29, 1.82) is 0 Å². The average Bonchev–Trinajstić information content (AvgIpc) is 2.24. The molecule has 1 N–H and O–H groups in total. The molecule has 0 aliphatic carbocycles. The Morgan fingerprint density at radius 3 is 2.81 bits per heavy atom. The van der Waals surface area contributed by atoms with Crippen molar-refractivity contribution in [3.8, 4) is 0 Å². The van der Waals surface area contributed by atoms with Crippen LogP contribution in [-0.4, -0.2) is 12.5 Å². The molecule has 0 unspecified atom stereocenters. The van der Waals surface area contributed by atoms with Gasteiger partial charge in [-0.15, -0.1) is 0 Å². The van der Waals surface area contributed by atoms with Crippen LogP contribution in [-0.2, 0) is 0 Å². The van der Waals surface area contributed by atoms with Crippen LogP contribution >= 0.6 is 15.9 Å². The molecule has 0 fully saturated rings. The second kappa shape index (κ2) is 6.63. The summed E-state index contributed by atoms with van der Waals surface area (Å²) in [5.41, 5.74) is 0.0824. The molecule has 0 spiro atoms. The molecule has 4 heteroatoms. The molecule has 0 radical (unpaired) electrons. The number of amides is 1. The topological polar surface area (TPSA) is 29.1 Å². The zero-order valence-corrected chi connectivity index (χ0v) is 10.8. The third-order valence-electron chi connectivity index (χ3n) is 2.26. The standard InChI is InChI=1S/C12H15BrFNO/c1-2-3-4-8-15-12(16)11-9(13)6-5-7-10(11)14/h5-7H,2-4,8H2,1H3,(H,15,16). The second-order valence-electron chi connectivity index (χ2n) is 3.56. The molecule has 0 bridgehead atoms. The number of halogens is 2. The quantitative estimate of drug-likeness (QED) is 0.825. The molecule has 0 saturated heterocycles. The van der Waals surface area contributed by atoms with Crippen LogP contribution in [0.25, 0.3) is 0 Å². The van der Waals surface area contributed by atoms with E-state index in [1.807, 2.05) is 0 Å². The third kappa shape index (κ3) is 3.59. The van der Waals surface area contributed by atoms with E-state index in [1.54, 1.807) is 12.1 Å². The molecule has 0 aliphatic heterocycles. The molecule has 88 valence electrons. The van der Waals surface area contributed by atoms with E-state index < -0.39 is 5.82 Å². The van der Waals surface area contributed by atoms with Crippen LogP contribution in [0.15, 0.2) is 22.7 Å². The molecule has 1 amide bonds. The van der Waals surface area contributed by atoms with Gasteiger partial charge in [0.15, 0.2) is 0 Å². The number of rotatable bonds is 5. The summed E-state index contributed by atoms with van der Waals surface area (Å²) in [6.45, 7) is 2.68. The van der Waals surface area contributed by atoms with Gasteiger partial charge in [0.25, 0.3) is 5.91 Å². The number of carbonyl (C=O) groups is 1. The molecule has 0 aliphatic rings. The fraction of sp³-hybridized carbons (Fsp3) is 0.417. The molecule has 1 aromatic carbocycles. The van der Waals surface area contributed by atoms with Crippen molar-refractivity contribution in [3.63, 3.8) is 0 Å². The number of benzene rings is 1. The van der Waals surface area contributed by atoms with Gasteiger partial charge in [-0.25, -0.2) is 4.39 Å². The Morgan fingerprint density at radius 2 is 2.19 bits per heavy atom. The van der Waals surface area contributed by atoms with Gasteiger partial charge >= 0.3 is 0 Å². The van der Waals surface area contributed by atoms with Gasteiger partial charge in [-0.1, -0.05) is 25.8 Å². The van der Waals surface area contributed by atoms with Gasteiger partial charge in [0.2, 0.25) is 0 Å². The van der Waals surface area contributed by atoms with Crippen LogP contribution in [0.1, 0.15) is 36.5 Å². The van der Waals surface area contributed by atoms with Gasteiger partial charge in [-0.05, 0) is 34.5 Å². The van der Waals surface area contributed by atoms with E-state index in [4.69, 9.17) is 0 Å². The average molecular weight is 288 g/mol. The summed E-state index contributed by atoms with van der Waals surface area (Å²) in [5, 5.41) is 2.71. The molecule has 2 nitrogen and oxygen atoms in total. The Kier molecular flexibility index (Phi) is 5.46. The first-order chi connectivity index (χ1) is 7.66. The summed E-state index contributed by atoms with van der Waals surface area (Å²) >= 11 is 3.17. The van der Waals surface area contributed by atoms with Crippen molar-refractivity contribution in [2.45, 2.75) is 26.2 Å². The lowest BCUT2D eigenvalue weighted by atomic mass is 10.2. The molecule has 1 aromatic rings. The Balaban J connectivity index is 2.59. The summed E-state index contributed by atoms with van der Waals surface area (Å²) in [7, 11) is 0. The van der Waals surface area contributed by atoms with E-state index in [1.165, 1.54) is 6.07 Å². The van der Waals surface area contributed by atoms with Crippen LogP contribution in [0.5, 0.6) is 0 Å². The maximum absolute atomic E-state index is 13.4. The zero-order valence-electron chi connectivity index (χ0n) is 9.22. The van der Waals surface area contributed by atoms with E-state index in [-0.39, 0.29) is 11.5 Å². The SMILES string of the molecule is CCCCCNC(=O)c1c(F)cccc1Br. The van der Waals surface area contributed by atoms with Crippen LogP contribution in [0.4, 0.5) is 4.39 Å². The minimum Gasteiger partial charge on any atom is -0.352 e. The van der Waals surface area contributed by atoms with Crippen molar-refractivity contribution in [1.82, 2.24) is 5.32 Å². The van der Waals surface area contributed by atoms with Gasteiger partial charge in [0.1, 0.15) is 5.82 Å². The third-order valence-corrected chi connectivity index (χ3v) is 2.92. The van der Waals surface area contributed by atoms with Gasteiger partial charge in [-0.2, -0.15) is 0 Å². The number of hydrogen-bond acceptors (Lipinski definition) is 1. The van der Waals surface area contributed by atoms with Crippen molar-refractivity contribution >= 4 is 21.8 Å². The Bertz CT molecular complexity index is 348. The van der Waals surface area contributed by atoms with Crippen LogP contribution < -0.4 is 5.32 Å². The molecular weight excluding hydrogens is 273 g/mol. The monoisotopic (exact) mass is 287 g/mol. The molecule has 0 aromatic heterocycles. The Hall–Kier alpha value is -0.900. The number of nitrogens with one attached hydrogen (secondary N) is 1. The zero-order chi connectivity index (χ0) is 12.0. The maximum Gasteiger partial charge on any atom is 0.255 e. The Labute approximate surface area is 103 Å². The van der Waals surface area contributed by atoms with Crippen molar-refractivity contribution in [3.05, 3.63) is 34.1 Å². The summed E-state index contributed by atoms with van der Waals surface area (Å²) in [4.78, 5) is 11.7. The fourth-order valence-electron chi connectivity index (χ4n) is 1.38. The van der Waals surface area contributed by atoms with E-state index >= 15 is 0 Å². The lowest BCUT2D eigenvalue weighted by molar-refractivity contribution is 0.0948. The highest BCUT2D eigenvalue weighted by Crippen LogP contribution is 2.19. The predicted octanol–water partition coefficient (Wildman–Crippen LogP) is 3.51. The lowest BCUT2D eigenvalue weighted by Crippen LogP contribution is -2.25. The minimum absolute atomic E-state index is 0.0824. The van der Waals surface area contributed by atoms with Crippen LogP contribution in [0.3, 0.4) is 0 Å². The molecular formula is C12H15BrFNO. The first-order valence-electron chi connectivity index (χ1n) is 5.39. The molecule has 0 atom stereocenters. The number of carbonyl (C=O) groups excluding carboxylic acids is 1. The molecule has 1 rings (SSSR count). The second-order valence-corrected chi connectivity index (χ2v) is 4.41. The number of unbranched alkanes of at least 4 members (excludes halogenated alkanes) is 2. The van der Waals surface area contributed by atoms with Gasteiger partial charge in [0, 0.05) is 11.0 Å². The van der Waals surface area contributed by atoms with E-state index in [0.717, 1.165) is 19.3 Å². The highest BCUT2D eigenvalue weighted by atomic mass is 79.9. The van der Waals surface area contributed by atoms with Gasteiger partial charge < -0.3 is 5.32 Å². The van der Waals surface area contributed by atoms with Gasteiger partial charge in [-0.3, -0.25) is 4.79 Å². The summed E-state index contributed by atoms with van der Waals surface area (Å²) in [5.74, 6) is -0.858. The predicted molar refractivity (Wildman–Crippen MR) is 66.0 cm³/mol. The number of hydrogen-bond donors (Lipinski definition) is 1. The van der Waals surface area contributed by atoms with Crippen LogP contribution in [0.2, 0.25) is 0 Å². The minimum atomic E-state index is -0.498. The molecule has 0 heterocycles. The summed E-state index contributed by atoms with van der Waals surface area (Å²) in [6, 6.07) is 4.50. The Morgan fingerprint density at radius 1 is 1.44 bits per heavy atom. The van der Waals surface area contributed by atoms with Crippen molar-refractivity contribution < 1.29 is 9.18 Å². The summed E-state index contributed by atoms with van der Waals surface area (Å²) in [6.07, 6.45) is 3.09. The van der Waals surface area contributed by atoms with Crippen molar-refractivity contribution in [2.75, 3.05) is 6.54 Å². The fourth-order valence-corrected chi connectivity index (χ4v) is 1.90. The first kappa shape index (κ1) is 13.2. The summed E-state index contributed by atoms with van der Waals surface area (Å²) < 4.78 is 13.9. The normalized spacial score (nSPS) is 10.2. The first-order valence-corrected chi connectivity index (χ1v) is 6.18. The largest absolute Gasteiger partial charge is 0.352 e. The molecule has 16 heavy (non-hydrogen) atoms.